The van der Waals surface area contributed by atoms with E-state index in [1.165, 1.54) is 0 Å². The molecule has 1 aliphatic rings. The standard InChI is InChI=1S/C14H28N4O2/c1-5-11-9-17(4)7-6-8-18(11)14(19)12(10(2)3)13(15)16-20/h10-12,20H,5-9H2,1-4H3,(H2,15,16). The number of nitrogens with zero attached hydrogens (tertiary/aromatic N) is 3. The van der Waals surface area contributed by atoms with Crippen LogP contribution in [0.2, 0.25) is 0 Å². The first-order valence-electron chi connectivity index (χ1n) is 7.38. The fourth-order valence-electron chi connectivity index (χ4n) is 2.88. The van der Waals surface area contributed by atoms with Gasteiger partial charge < -0.3 is 20.7 Å². The van der Waals surface area contributed by atoms with Crippen molar-refractivity contribution in [2.24, 2.45) is 22.7 Å². The molecule has 0 saturated carbocycles. The molecular weight excluding hydrogens is 256 g/mol. The minimum Gasteiger partial charge on any atom is -0.409 e. The Kier molecular flexibility index (Phi) is 6.26. The van der Waals surface area contributed by atoms with Crippen molar-refractivity contribution >= 4 is 11.7 Å². The van der Waals surface area contributed by atoms with Gasteiger partial charge in [0.1, 0.15) is 5.92 Å². The van der Waals surface area contributed by atoms with Gasteiger partial charge >= 0.3 is 0 Å². The molecule has 1 saturated heterocycles. The van der Waals surface area contributed by atoms with E-state index in [9.17, 15) is 4.79 Å². The lowest BCUT2D eigenvalue weighted by molar-refractivity contribution is -0.136. The van der Waals surface area contributed by atoms with E-state index in [0.29, 0.717) is 0 Å². The zero-order valence-corrected chi connectivity index (χ0v) is 13.0. The minimum atomic E-state index is -0.544. The molecule has 0 spiro atoms. The first-order valence-corrected chi connectivity index (χ1v) is 7.38. The van der Waals surface area contributed by atoms with Gasteiger partial charge in [-0.2, -0.15) is 0 Å². The van der Waals surface area contributed by atoms with Crippen molar-refractivity contribution in [2.45, 2.75) is 39.7 Å². The highest BCUT2D eigenvalue weighted by Gasteiger charge is 2.34. The molecule has 6 heteroatoms. The monoisotopic (exact) mass is 284 g/mol. The molecule has 0 aliphatic carbocycles. The molecule has 20 heavy (non-hydrogen) atoms. The van der Waals surface area contributed by atoms with Crippen molar-refractivity contribution in [1.82, 2.24) is 9.80 Å². The first kappa shape index (κ1) is 16.8. The number of hydrogen-bond donors (Lipinski definition) is 2. The lowest BCUT2D eigenvalue weighted by Crippen LogP contribution is -2.50. The van der Waals surface area contributed by atoms with Crippen LogP contribution in [0.4, 0.5) is 0 Å². The molecule has 1 amide bonds. The van der Waals surface area contributed by atoms with Crippen molar-refractivity contribution in [2.75, 3.05) is 26.7 Å². The van der Waals surface area contributed by atoms with Gasteiger partial charge in [-0.1, -0.05) is 25.9 Å². The van der Waals surface area contributed by atoms with Crippen LogP contribution in [-0.4, -0.2) is 59.5 Å². The molecule has 1 heterocycles. The second kappa shape index (κ2) is 7.47. The van der Waals surface area contributed by atoms with E-state index in [1.807, 2.05) is 18.7 Å². The number of rotatable bonds is 4. The fourth-order valence-corrected chi connectivity index (χ4v) is 2.88. The minimum absolute atomic E-state index is 0.0110. The van der Waals surface area contributed by atoms with Gasteiger partial charge in [-0.3, -0.25) is 4.79 Å². The van der Waals surface area contributed by atoms with Crippen LogP contribution in [0.15, 0.2) is 5.16 Å². The number of amidine groups is 1. The maximum absolute atomic E-state index is 12.8. The van der Waals surface area contributed by atoms with Gasteiger partial charge in [-0.25, -0.2) is 0 Å². The summed E-state index contributed by atoms with van der Waals surface area (Å²) < 4.78 is 0. The van der Waals surface area contributed by atoms with E-state index >= 15 is 0 Å². The zero-order chi connectivity index (χ0) is 15.3. The van der Waals surface area contributed by atoms with Crippen LogP contribution in [0.3, 0.4) is 0 Å². The molecule has 1 aliphatic heterocycles. The second-order valence-electron chi connectivity index (χ2n) is 5.96. The molecule has 2 atom stereocenters. The number of likely N-dealkylation sites (N-methyl/N-ethyl adjacent to an activating group) is 1. The van der Waals surface area contributed by atoms with Crippen molar-refractivity contribution in [1.29, 1.82) is 0 Å². The normalized spacial score (nSPS) is 23.8. The van der Waals surface area contributed by atoms with Crippen molar-refractivity contribution in [3.8, 4) is 0 Å². The molecular formula is C14H28N4O2. The Morgan fingerprint density at radius 2 is 2.10 bits per heavy atom. The van der Waals surface area contributed by atoms with E-state index < -0.39 is 5.92 Å². The summed E-state index contributed by atoms with van der Waals surface area (Å²) in [6, 6.07) is 0.197. The summed E-state index contributed by atoms with van der Waals surface area (Å²) in [4.78, 5) is 17.0. The number of amides is 1. The van der Waals surface area contributed by atoms with Crippen LogP contribution in [0.5, 0.6) is 0 Å². The number of nitrogens with two attached hydrogens (primary N) is 1. The van der Waals surface area contributed by atoms with Gasteiger partial charge in [-0.15, -0.1) is 0 Å². The van der Waals surface area contributed by atoms with Gasteiger partial charge in [0.25, 0.3) is 0 Å². The molecule has 2 unspecified atom stereocenters. The number of carbonyl (C=O) groups is 1. The Labute approximate surface area is 121 Å². The summed E-state index contributed by atoms with van der Waals surface area (Å²) in [6.45, 7) is 8.55. The third-order valence-electron chi connectivity index (χ3n) is 4.02. The maximum Gasteiger partial charge on any atom is 0.233 e. The van der Waals surface area contributed by atoms with Crippen LogP contribution < -0.4 is 5.73 Å². The summed E-state index contributed by atoms with van der Waals surface area (Å²) in [5, 5.41) is 12.0. The van der Waals surface area contributed by atoms with E-state index in [2.05, 4.69) is 24.0 Å². The third kappa shape index (κ3) is 3.85. The Balaban J connectivity index is 2.96. The van der Waals surface area contributed by atoms with Crippen LogP contribution in [0, 0.1) is 11.8 Å². The lowest BCUT2D eigenvalue weighted by Gasteiger charge is -2.34. The average Bonchev–Trinajstić information content (AvgIpc) is 2.59. The molecule has 0 aromatic carbocycles. The van der Waals surface area contributed by atoms with E-state index in [0.717, 1.165) is 32.5 Å². The van der Waals surface area contributed by atoms with Crippen LogP contribution in [0.25, 0.3) is 0 Å². The Morgan fingerprint density at radius 3 is 2.60 bits per heavy atom. The molecule has 1 rings (SSSR count). The predicted molar refractivity (Wildman–Crippen MR) is 79.6 cm³/mol. The highest BCUT2D eigenvalue weighted by atomic mass is 16.4. The summed E-state index contributed by atoms with van der Waals surface area (Å²) in [5.74, 6) is -0.538. The predicted octanol–water partition coefficient (Wildman–Crippen LogP) is 0.948. The van der Waals surface area contributed by atoms with Crippen LogP contribution in [0.1, 0.15) is 33.6 Å². The first-order chi connectivity index (χ1) is 9.42. The largest absolute Gasteiger partial charge is 0.409 e. The van der Waals surface area contributed by atoms with Crippen LogP contribution in [-0.2, 0) is 4.79 Å². The van der Waals surface area contributed by atoms with Gasteiger partial charge in [0, 0.05) is 19.1 Å². The quantitative estimate of drug-likeness (QED) is 0.348. The molecule has 3 N–H and O–H groups in total. The van der Waals surface area contributed by atoms with Crippen molar-refractivity contribution in [3.05, 3.63) is 0 Å². The molecule has 0 radical (unpaired) electrons. The Hall–Kier alpha value is -1.30. The maximum atomic E-state index is 12.8. The zero-order valence-electron chi connectivity index (χ0n) is 13.0. The summed E-state index contributed by atoms with van der Waals surface area (Å²) in [5.41, 5.74) is 5.72. The Bertz CT molecular complexity index is 357. The molecule has 0 aromatic rings. The third-order valence-corrected chi connectivity index (χ3v) is 4.02. The molecule has 6 nitrogen and oxygen atoms in total. The summed E-state index contributed by atoms with van der Waals surface area (Å²) >= 11 is 0. The topological polar surface area (TPSA) is 82.2 Å². The molecule has 0 aromatic heterocycles. The lowest BCUT2D eigenvalue weighted by atomic mass is 9.92. The molecule has 1 fully saturated rings. The molecule has 0 bridgehead atoms. The van der Waals surface area contributed by atoms with Gasteiger partial charge in [0.15, 0.2) is 5.84 Å². The van der Waals surface area contributed by atoms with Crippen molar-refractivity contribution < 1.29 is 10.0 Å². The number of oxime groups is 1. The molecule has 116 valence electrons. The number of carbonyl (C=O) groups excluding carboxylic acids is 1. The van der Waals surface area contributed by atoms with Gasteiger partial charge in [0.2, 0.25) is 5.91 Å². The van der Waals surface area contributed by atoms with Gasteiger partial charge in [0.05, 0.1) is 0 Å². The van der Waals surface area contributed by atoms with Gasteiger partial charge in [-0.05, 0) is 32.4 Å². The SMILES string of the molecule is CCC1CN(C)CCCN1C(=O)C(C(N)=NO)C(C)C. The van der Waals surface area contributed by atoms with E-state index in [1.54, 1.807) is 0 Å². The second-order valence-corrected chi connectivity index (χ2v) is 5.96. The smallest absolute Gasteiger partial charge is 0.233 e. The average molecular weight is 284 g/mol. The van der Waals surface area contributed by atoms with E-state index in [4.69, 9.17) is 10.9 Å². The van der Waals surface area contributed by atoms with Crippen LogP contribution >= 0.6 is 0 Å². The fraction of sp³-hybridized carbons (Fsp3) is 0.857. The Morgan fingerprint density at radius 1 is 1.45 bits per heavy atom. The van der Waals surface area contributed by atoms with E-state index in [-0.39, 0.29) is 23.7 Å². The van der Waals surface area contributed by atoms with Crippen molar-refractivity contribution in [3.63, 3.8) is 0 Å². The summed E-state index contributed by atoms with van der Waals surface area (Å²) in [6.07, 6.45) is 1.87. The summed E-state index contributed by atoms with van der Waals surface area (Å²) in [7, 11) is 2.08. The number of hydrogen-bond acceptors (Lipinski definition) is 4. The highest BCUT2D eigenvalue weighted by Crippen LogP contribution is 2.20. The highest BCUT2D eigenvalue weighted by molar-refractivity contribution is 6.02.